The molecule has 36 heavy (non-hydrogen) atoms. The van der Waals surface area contributed by atoms with Gasteiger partial charge in [0.1, 0.15) is 0 Å². The molecule has 3 aromatic carbocycles. The lowest BCUT2D eigenvalue weighted by atomic mass is 9.98. The standard InChI is InChI=1S/C25H20N6O3S2/c32-23(16-35-25-28-27-24(36-25)26-19-9-5-2-6-10-19)30-22(18-11-13-20(14-12-18)31(33)34)15-21(29-30)17-7-3-1-4-8-17/h1-14,22H,15-16H2,(H,26,27). The Hall–Kier alpha value is -4.09. The molecular formula is C25H20N6O3S2. The average molecular weight is 517 g/mol. The van der Waals surface area contributed by atoms with Crippen molar-refractivity contribution >= 4 is 51.2 Å². The molecular weight excluding hydrogens is 496 g/mol. The first-order chi connectivity index (χ1) is 17.6. The van der Waals surface area contributed by atoms with Gasteiger partial charge in [0.25, 0.3) is 11.6 Å². The molecule has 1 amide bonds. The van der Waals surface area contributed by atoms with E-state index in [1.165, 1.54) is 40.2 Å². The number of thioether (sulfide) groups is 1. The zero-order valence-corrected chi connectivity index (χ0v) is 20.5. The van der Waals surface area contributed by atoms with Gasteiger partial charge < -0.3 is 5.32 Å². The summed E-state index contributed by atoms with van der Waals surface area (Å²) < 4.78 is 0.667. The van der Waals surface area contributed by atoms with Gasteiger partial charge in [-0.15, -0.1) is 10.2 Å². The van der Waals surface area contributed by atoms with Gasteiger partial charge in [-0.3, -0.25) is 14.9 Å². The largest absolute Gasteiger partial charge is 0.330 e. The quantitative estimate of drug-likeness (QED) is 0.183. The highest BCUT2D eigenvalue weighted by molar-refractivity contribution is 8.01. The summed E-state index contributed by atoms with van der Waals surface area (Å²) in [6.07, 6.45) is 0.516. The van der Waals surface area contributed by atoms with Gasteiger partial charge >= 0.3 is 0 Å². The minimum atomic E-state index is -0.438. The maximum Gasteiger partial charge on any atom is 0.269 e. The number of hydrogen-bond acceptors (Lipinski definition) is 9. The summed E-state index contributed by atoms with van der Waals surface area (Å²) in [7, 11) is 0. The van der Waals surface area contributed by atoms with Gasteiger partial charge in [0.15, 0.2) is 4.34 Å². The Kier molecular flexibility index (Phi) is 7.01. The van der Waals surface area contributed by atoms with Gasteiger partial charge in [0.05, 0.1) is 22.4 Å². The number of hydrazone groups is 1. The number of non-ortho nitro benzene ring substituents is 1. The van der Waals surface area contributed by atoms with Crippen molar-refractivity contribution < 1.29 is 9.72 Å². The van der Waals surface area contributed by atoms with E-state index in [1.54, 1.807) is 12.1 Å². The number of amides is 1. The van der Waals surface area contributed by atoms with Crippen molar-refractivity contribution in [1.29, 1.82) is 0 Å². The van der Waals surface area contributed by atoms with Crippen LogP contribution in [0.3, 0.4) is 0 Å². The SMILES string of the molecule is O=C(CSc1nnc(Nc2ccccc2)s1)N1N=C(c2ccccc2)CC1c1ccc([N+](=O)[O-])cc1. The number of hydrogen-bond donors (Lipinski definition) is 1. The van der Waals surface area contributed by atoms with Crippen molar-refractivity contribution in [2.75, 3.05) is 11.1 Å². The lowest BCUT2D eigenvalue weighted by Crippen LogP contribution is -2.28. The second-order valence-corrected chi connectivity index (χ2v) is 10.1. The molecule has 9 nitrogen and oxygen atoms in total. The lowest BCUT2D eigenvalue weighted by molar-refractivity contribution is -0.384. The zero-order chi connectivity index (χ0) is 24.9. The third-order valence-corrected chi connectivity index (χ3v) is 7.47. The van der Waals surface area contributed by atoms with Crippen LogP contribution in [0.2, 0.25) is 0 Å². The molecule has 11 heteroatoms. The number of nitro benzene ring substituents is 1. The summed E-state index contributed by atoms with van der Waals surface area (Å²) >= 11 is 2.67. The summed E-state index contributed by atoms with van der Waals surface area (Å²) in [5, 5.41) is 29.4. The second kappa shape index (κ2) is 10.7. The minimum absolute atomic E-state index is 0.00515. The third-order valence-electron chi connectivity index (χ3n) is 5.51. The van der Waals surface area contributed by atoms with E-state index in [1.807, 2.05) is 60.7 Å². The van der Waals surface area contributed by atoms with Gasteiger partial charge in [-0.25, -0.2) is 5.01 Å². The molecule has 0 spiro atoms. The van der Waals surface area contributed by atoms with Crippen molar-refractivity contribution in [3.63, 3.8) is 0 Å². The van der Waals surface area contributed by atoms with Gasteiger partial charge in [-0.1, -0.05) is 83.8 Å². The zero-order valence-electron chi connectivity index (χ0n) is 18.9. The van der Waals surface area contributed by atoms with Crippen LogP contribution in [-0.4, -0.2) is 37.5 Å². The molecule has 1 unspecified atom stereocenters. The van der Waals surface area contributed by atoms with Gasteiger partial charge in [-0.2, -0.15) is 5.10 Å². The van der Waals surface area contributed by atoms with E-state index in [9.17, 15) is 14.9 Å². The first-order valence-corrected chi connectivity index (χ1v) is 12.8. The predicted octanol–water partition coefficient (Wildman–Crippen LogP) is 5.66. The van der Waals surface area contributed by atoms with Crippen molar-refractivity contribution in [3.8, 4) is 0 Å². The number of benzene rings is 3. The van der Waals surface area contributed by atoms with E-state index in [2.05, 4.69) is 20.6 Å². The molecule has 2 heterocycles. The molecule has 1 N–H and O–H groups in total. The third kappa shape index (κ3) is 5.42. The Morgan fingerprint density at radius 1 is 1.03 bits per heavy atom. The molecule has 0 fully saturated rings. The van der Waals surface area contributed by atoms with Crippen LogP contribution in [0, 0.1) is 10.1 Å². The molecule has 0 aliphatic carbocycles. The minimum Gasteiger partial charge on any atom is -0.330 e. The number of carbonyl (C=O) groups excluding carboxylic acids is 1. The van der Waals surface area contributed by atoms with Gasteiger partial charge in [-0.05, 0) is 23.3 Å². The van der Waals surface area contributed by atoms with Crippen molar-refractivity contribution in [1.82, 2.24) is 15.2 Å². The number of para-hydroxylation sites is 1. The molecule has 1 aliphatic rings. The fourth-order valence-corrected chi connectivity index (χ4v) is 5.40. The number of nitro groups is 1. The highest BCUT2D eigenvalue weighted by Crippen LogP contribution is 2.35. The number of nitrogens with zero attached hydrogens (tertiary/aromatic N) is 5. The lowest BCUT2D eigenvalue weighted by Gasteiger charge is -2.21. The van der Waals surface area contributed by atoms with Crippen molar-refractivity contribution in [2.45, 2.75) is 16.8 Å². The Morgan fingerprint density at radius 2 is 1.72 bits per heavy atom. The van der Waals surface area contributed by atoms with Crippen molar-refractivity contribution in [2.24, 2.45) is 5.10 Å². The molecule has 1 aromatic heterocycles. The maximum absolute atomic E-state index is 13.3. The monoisotopic (exact) mass is 516 g/mol. The summed E-state index contributed by atoms with van der Waals surface area (Å²) in [6.45, 7) is 0. The van der Waals surface area contributed by atoms with Crippen LogP contribution in [0.5, 0.6) is 0 Å². The fourth-order valence-electron chi connectivity index (χ4n) is 3.78. The predicted molar refractivity (Wildman–Crippen MR) is 141 cm³/mol. The Balaban J connectivity index is 1.31. The number of anilines is 2. The van der Waals surface area contributed by atoms with Gasteiger partial charge in [0.2, 0.25) is 5.13 Å². The molecule has 1 aliphatic heterocycles. The fraction of sp³-hybridized carbons (Fsp3) is 0.120. The number of nitrogens with one attached hydrogen (secondary N) is 1. The van der Waals surface area contributed by atoms with E-state index < -0.39 is 4.92 Å². The van der Waals surface area contributed by atoms with E-state index in [0.29, 0.717) is 15.9 Å². The number of rotatable bonds is 8. The average Bonchev–Trinajstić information content (AvgIpc) is 3.56. The molecule has 5 rings (SSSR count). The van der Waals surface area contributed by atoms with Gasteiger partial charge in [0, 0.05) is 24.2 Å². The van der Waals surface area contributed by atoms with Crippen LogP contribution in [0.4, 0.5) is 16.5 Å². The molecule has 1 atom stereocenters. The topological polar surface area (TPSA) is 114 Å². The Bertz CT molecular complexity index is 1390. The number of carbonyl (C=O) groups is 1. The molecule has 0 radical (unpaired) electrons. The summed E-state index contributed by atoms with van der Waals surface area (Å²) in [4.78, 5) is 23.9. The van der Waals surface area contributed by atoms with E-state index in [4.69, 9.17) is 0 Å². The van der Waals surface area contributed by atoms with Crippen LogP contribution in [0.1, 0.15) is 23.6 Å². The van der Waals surface area contributed by atoms with Crippen LogP contribution < -0.4 is 5.32 Å². The van der Waals surface area contributed by atoms with Crippen molar-refractivity contribution in [3.05, 3.63) is 106 Å². The van der Waals surface area contributed by atoms with Crippen LogP contribution in [0.15, 0.2) is 94.4 Å². The maximum atomic E-state index is 13.3. The summed E-state index contributed by atoms with van der Waals surface area (Å²) in [5.41, 5.74) is 3.44. The van der Waals surface area contributed by atoms with E-state index in [-0.39, 0.29) is 23.4 Å². The smallest absolute Gasteiger partial charge is 0.269 e. The molecule has 0 saturated carbocycles. The first-order valence-electron chi connectivity index (χ1n) is 11.0. The van der Waals surface area contributed by atoms with Crippen LogP contribution >= 0.6 is 23.1 Å². The summed E-state index contributed by atoms with van der Waals surface area (Å²) in [5.74, 6) is -0.0447. The summed E-state index contributed by atoms with van der Waals surface area (Å²) in [6, 6.07) is 25.3. The van der Waals surface area contributed by atoms with E-state index >= 15 is 0 Å². The molecule has 4 aromatic rings. The normalized spacial score (nSPS) is 14.9. The second-order valence-electron chi connectivity index (χ2n) is 7.87. The molecule has 0 bridgehead atoms. The Morgan fingerprint density at radius 3 is 2.42 bits per heavy atom. The highest BCUT2D eigenvalue weighted by Gasteiger charge is 2.33. The number of aromatic nitrogens is 2. The first kappa shape index (κ1) is 23.6. The molecule has 180 valence electrons. The Labute approximate surface area is 215 Å². The van der Waals surface area contributed by atoms with Crippen LogP contribution in [0.25, 0.3) is 0 Å². The molecule has 0 saturated heterocycles. The van der Waals surface area contributed by atoms with Crippen LogP contribution in [-0.2, 0) is 4.79 Å². The van der Waals surface area contributed by atoms with E-state index in [0.717, 1.165) is 22.5 Å². The highest BCUT2D eigenvalue weighted by atomic mass is 32.2.